The summed E-state index contributed by atoms with van der Waals surface area (Å²) in [6.45, 7) is 0. The van der Waals surface area contributed by atoms with Gasteiger partial charge in [-0.1, -0.05) is 53.7 Å². The third-order valence-electron chi connectivity index (χ3n) is 4.46. The number of hydrogen-bond acceptors (Lipinski definition) is 4. The monoisotopic (exact) mass is 465 g/mol. The Labute approximate surface area is 185 Å². The molecule has 0 bridgehead atoms. The van der Waals surface area contributed by atoms with Crippen molar-refractivity contribution >= 4 is 40.9 Å². The first-order chi connectivity index (χ1) is 14.7. The fourth-order valence-corrected chi connectivity index (χ4v) is 4.16. The number of nitriles is 1. The quantitative estimate of drug-likeness (QED) is 0.646. The van der Waals surface area contributed by atoms with Crippen molar-refractivity contribution in [3.05, 3.63) is 75.3 Å². The van der Waals surface area contributed by atoms with Crippen LogP contribution in [-0.2, 0) is 15.8 Å². The number of nitrogens with one attached hydrogen (secondary N) is 2. The van der Waals surface area contributed by atoms with E-state index in [4.69, 9.17) is 11.6 Å². The Morgan fingerprint density at radius 1 is 1.26 bits per heavy atom. The molecule has 3 rings (SSSR count). The number of amides is 2. The lowest BCUT2D eigenvalue weighted by molar-refractivity contribution is -0.137. The van der Waals surface area contributed by atoms with Crippen molar-refractivity contribution in [2.24, 2.45) is 0 Å². The molecule has 160 valence electrons. The number of carbonyl (C=O) groups is 2. The predicted molar refractivity (Wildman–Crippen MR) is 112 cm³/mol. The van der Waals surface area contributed by atoms with Crippen LogP contribution in [0.5, 0.6) is 0 Å². The van der Waals surface area contributed by atoms with Crippen LogP contribution in [0.15, 0.2) is 59.1 Å². The number of allylic oxidation sites excluding steroid dienone is 1. The summed E-state index contributed by atoms with van der Waals surface area (Å²) >= 11 is 6.51. The van der Waals surface area contributed by atoms with Gasteiger partial charge in [-0.3, -0.25) is 9.59 Å². The fraction of sp³-hybridized carbons (Fsp3) is 0.190. The molecule has 0 aliphatic carbocycles. The van der Waals surface area contributed by atoms with Gasteiger partial charge in [-0.15, -0.1) is 0 Å². The number of carbonyl (C=O) groups excluding carboxylic acids is 2. The molecule has 0 saturated carbocycles. The maximum Gasteiger partial charge on any atom is 0.417 e. The van der Waals surface area contributed by atoms with Crippen molar-refractivity contribution in [2.75, 3.05) is 11.1 Å². The van der Waals surface area contributed by atoms with Crippen LogP contribution in [-0.4, -0.2) is 17.6 Å². The number of thioether (sulfide) groups is 1. The lowest BCUT2D eigenvalue weighted by Crippen LogP contribution is -2.31. The Morgan fingerprint density at radius 3 is 2.61 bits per heavy atom. The summed E-state index contributed by atoms with van der Waals surface area (Å²) in [5.41, 5.74) is 0.0118. The van der Waals surface area contributed by atoms with Crippen LogP contribution in [0.3, 0.4) is 0 Å². The molecule has 0 radical (unpaired) electrons. The van der Waals surface area contributed by atoms with Crippen molar-refractivity contribution in [1.82, 2.24) is 5.32 Å². The molecule has 2 N–H and O–H groups in total. The molecular weight excluding hydrogens is 451 g/mol. The van der Waals surface area contributed by atoms with Crippen molar-refractivity contribution < 1.29 is 22.8 Å². The summed E-state index contributed by atoms with van der Waals surface area (Å²) in [6.07, 6.45) is -4.55. The first kappa shape index (κ1) is 22.7. The summed E-state index contributed by atoms with van der Waals surface area (Å²) in [5, 5.41) is 14.4. The SMILES string of the molecule is N#CC1=C(SCC(=O)Nc2ccc(Cl)c(C(F)(F)F)c2)NC(=O)C[C@H]1c1ccccc1. The standard InChI is InChI=1S/C21H15ClF3N3O2S/c22-17-7-6-13(8-16(17)21(23,24)25)27-19(30)11-31-20-15(10-26)14(9-18(29)28-20)12-4-2-1-3-5-12/h1-8,14H,9,11H2,(H,27,30)(H,28,29)/t14-/m0/s1. The van der Waals surface area contributed by atoms with Gasteiger partial charge in [0.1, 0.15) is 0 Å². The Hall–Kier alpha value is -2.96. The van der Waals surface area contributed by atoms with E-state index in [1.54, 1.807) is 12.1 Å². The van der Waals surface area contributed by atoms with Gasteiger partial charge in [0.05, 0.1) is 33.0 Å². The molecule has 5 nitrogen and oxygen atoms in total. The molecule has 0 saturated heterocycles. The van der Waals surface area contributed by atoms with Crippen molar-refractivity contribution in [3.8, 4) is 6.07 Å². The van der Waals surface area contributed by atoms with E-state index in [9.17, 15) is 28.0 Å². The van der Waals surface area contributed by atoms with Crippen LogP contribution in [0.4, 0.5) is 18.9 Å². The molecule has 1 aliphatic heterocycles. The van der Waals surface area contributed by atoms with Gasteiger partial charge in [0, 0.05) is 18.0 Å². The highest BCUT2D eigenvalue weighted by Gasteiger charge is 2.33. The molecule has 1 aliphatic rings. The predicted octanol–water partition coefficient (Wildman–Crippen LogP) is 5.07. The van der Waals surface area contributed by atoms with Gasteiger partial charge in [0.15, 0.2) is 0 Å². The normalized spacial score (nSPS) is 16.5. The molecule has 31 heavy (non-hydrogen) atoms. The smallest absolute Gasteiger partial charge is 0.325 e. The van der Waals surface area contributed by atoms with Crippen LogP contribution in [0, 0.1) is 11.3 Å². The minimum absolute atomic E-state index is 0.0633. The second-order valence-corrected chi connectivity index (χ2v) is 7.99. The van der Waals surface area contributed by atoms with Gasteiger partial charge in [-0.25, -0.2) is 0 Å². The average Bonchev–Trinajstić information content (AvgIpc) is 2.73. The van der Waals surface area contributed by atoms with Gasteiger partial charge in [-0.05, 0) is 23.8 Å². The largest absolute Gasteiger partial charge is 0.417 e. The van der Waals surface area contributed by atoms with Crippen molar-refractivity contribution in [1.29, 1.82) is 5.26 Å². The lowest BCUT2D eigenvalue weighted by Gasteiger charge is -2.25. The average molecular weight is 466 g/mol. The Bertz CT molecular complexity index is 1080. The zero-order chi connectivity index (χ0) is 22.6. The molecule has 1 atom stereocenters. The van der Waals surface area contributed by atoms with Gasteiger partial charge in [-0.2, -0.15) is 18.4 Å². The van der Waals surface area contributed by atoms with Gasteiger partial charge >= 0.3 is 6.18 Å². The van der Waals surface area contributed by atoms with E-state index in [1.165, 1.54) is 6.07 Å². The Morgan fingerprint density at radius 2 is 1.97 bits per heavy atom. The minimum atomic E-state index is -4.65. The first-order valence-corrected chi connectivity index (χ1v) is 10.3. The summed E-state index contributed by atoms with van der Waals surface area (Å²) in [4.78, 5) is 24.4. The number of benzene rings is 2. The second-order valence-electron chi connectivity index (χ2n) is 6.60. The number of anilines is 1. The molecule has 2 amide bonds. The minimum Gasteiger partial charge on any atom is -0.325 e. The Kier molecular flexibility index (Phi) is 6.93. The molecule has 0 unspecified atom stereocenters. The van der Waals surface area contributed by atoms with E-state index in [2.05, 4.69) is 16.7 Å². The zero-order valence-electron chi connectivity index (χ0n) is 15.8. The number of rotatable bonds is 5. The summed E-state index contributed by atoms with van der Waals surface area (Å²) in [6, 6.07) is 14.2. The molecular formula is C21H15ClF3N3O2S. The first-order valence-electron chi connectivity index (χ1n) is 8.97. The maximum atomic E-state index is 13.0. The third kappa shape index (κ3) is 5.60. The molecule has 0 fully saturated rings. The highest BCUT2D eigenvalue weighted by molar-refractivity contribution is 8.03. The van der Waals surface area contributed by atoms with Gasteiger partial charge in [0.25, 0.3) is 0 Å². The highest BCUT2D eigenvalue weighted by Crippen LogP contribution is 2.37. The summed E-state index contributed by atoms with van der Waals surface area (Å²) in [7, 11) is 0. The van der Waals surface area contributed by atoms with Crippen molar-refractivity contribution in [2.45, 2.75) is 18.5 Å². The van der Waals surface area contributed by atoms with E-state index >= 15 is 0 Å². The fourth-order valence-electron chi connectivity index (χ4n) is 3.06. The third-order valence-corrected chi connectivity index (χ3v) is 5.81. The van der Waals surface area contributed by atoms with Crippen molar-refractivity contribution in [3.63, 3.8) is 0 Å². The van der Waals surface area contributed by atoms with E-state index in [0.717, 1.165) is 29.5 Å². The molecule has 1 heterocycles. The summed E-state index contributed by atoms with van der Waals surface area (Å²) < 4.78 is 38.9. The van der Waals surface area contributed by atoms with E-state index in [1.807, 2.05) is 18.2 Å². The Balaban J connectivity index is 1.74. The van der Waals surface area contributed by atoms with Gasteiger partial charge in [0.2, 0.25) is 11.8 Å². The van der Waals surface area contributed by atoms with Crippen LogP contribution in [0.1, 0.15) is 23.5 Å². The maximum absolute atomic E-state index is 13.0. The van der Waals surface area contributed by atoms with Crippen LogP contribution in [0.25, 0.3) is 0 Å². The van der Waals surface area contributed by atoms with Gasteiger partial charge < -0.3 is 10.6 Å². The number of hydrogen-bond donors (Lipinski definition) is 2. The molecule has 2 aromatic carbocycles. The van der Waals surface area contributed by atoms with Crippen LogP contribution >= 0.6 is 23.4 Å². The lowest BCUT2D eigenvalue weighted by atomic mass is 9.87. The molecule has 10 heteroatoms. The van der Waals surface area contributed by atoms with E-state index < -0.39 is 28.6 Å². The van der Waals surface area contributed by atoms with Crippen LogP contribution < -0.4 is 10.6 Å². The topological polar surface area (TPSA) is 82.0 Å². The van der Waals surface area contributed by atoms with E-state index in [-0.39, 0.29) is 28.8 Å². The van der Waals surface area contributed by atoms with E-state index in [0.29, 0.717) is 5.57 Å². The number of halogens is 4. The second kappa shape index (κ2) is 9.45. The molecule has 0 spiro atoms. The molecule has 2 aromatic rings. The highest BCUT2D eigenvalue weighted by atomic mass is 35.5. The summed E-state index contributed by atoms with van der Waals surface area (Å²) in [5.74, 6) is -1.53. The number of alkyl halides is 3. The van der Waals surface area contributed by atoms with Crippen LogP contribution in [0.2, 0.25) is 5.02 Å². The number of nitrogens with zero attached hydrogens (tertiary/aromatic N) is 1. The zero-order valence-corrected chi connectivity index (χ0v) is 17.4. The molecule has 0 aromatic heterocycles.